The van der Waals surface area contributed by atoms with E-state index in [1.807, 2.05) is 6.07 Å². The van der Waals surface area contributed by atoms with Gasteiger partial charge >= 0.3 is 0 Å². The van der Waals surface area contributed by atoms with Crippen molar-refractivity contribution in [1.82, 2.24) is 4.57 Å². The normalized spacial score (nSPS) is 10.8. The number of hydrogen-bond donors (Lipinski definition) is 1. The first-order chi connectivity index (χ1) is 13.8. The van der Waals surface area contributed by atoms with Gasteiger partial charge in [-0.15, -0.1) is 10.2 Å². The molecule has 0 fully saturated rings. The molecule has 2 rings (SSSR count). The van der Waals surface area contributed by atoms with Gasteiger partial charge in [0.25, 0.3) is 11.2 Å². The maximum absolute atomic E-state index is 12.7. The Morgan fingerprint density at radius 1 is 1.38 bits per heavy atom. The number of azo groups is 1. The predicted octanol–water partition coefficient (Wildman–Crippen LogP) is 3.10. The molecule has 0 aliphatic carbocycles. The SMILES string of the molecule is CCOc1ccc(N=Nc2c(C)c(C#N)c(O)n(CCOC)c2=O)c([N+](=O)[O-])c1. The number of nitrogens with zero attached hydrogens (tertiary/aromatic N) is 5. The number of hydrogen-bond acceptors (Lipinski definition) is 9. The largest absolute Gasteiger partial charge is 0.494 e. The zero-order valence-electron chi connectivity index (χ0n) is 16.1. The van der Waals surface area contributed by atoms with Crippen LogP contribution in [-0.4, -0.2) is 34.9 Å². The predicted molar refractivity (Wildman–Crippen MR) is 102 cm³/mol. The first-order valence-electron chi connectivity index (χ1n) is 8.54. The Kier molecular flexibility index (Phi) is 6.99. The van der Waals surface area contributed by atoms with Crippen LogP contribution >= 0.6 is 0 Å². The Labute approximate surface area is 165 Å². The molecular weight excluding hydrogens is 382 g/mol. The molecule has 0 saturated carbocycles. The van der Waals surface area contributed by atoms with E-state index in [4.69, 9.17) is 9.47 Å². The molecular formula is C18H19N5O6. The van der Waals surface area contributed by atoms with Crippen LogP contribution in [0.2, 0.25) is 0 Å². The second-order valence-corrected chi connectivity index (χ2v) is 5.77. The molecule has 1 aromatic heterocycles. The molecule has 0 atom stereocenters. The van der Waals surface area contributed by atoms with Crippen LogP contribution in [0.1, 0.15) is 18.1 Å². The number of aromatic nitrogens is 1. The number of nitriles is 1. The van der Waals surface area contributed by atoms with Gasteiger partial charge in [-0.2, -0.15) is 5.26 Å². The van der Waals surface area contributed by atoms with Crippen molar-refractivity contribution >= 4 is 17.1 Å². The van der Waals surface area contributed by atoms with Gasteiger partial charge in [-0.1, -0.05) is 0 Å². The maximum Gasteiger partial charge on any atom is 0.300 e. The standard InChI is InChI=1S/C18H19N5O6/c1-4-29-12-5-6-14(15(9-12)23(26)27)20-21-16-11(2)13(10-19)17(24)22(18(16)25)7-8-28-3/h5-6,9,24H,4,7-8H2,1-3H3. The molecule has 2 aromatic rings. The van der Waals surface area contributed by atoms with E-state index in [0.717, 1.165) is 4.57 Å². The minimum atomic E-state index is -0.701. The minimum absolute atomic E-state index is 0.0121. The lowest BCUT2D eigenvalue weighted by Crippen LogP contribution is -2.23. The van der Waals surface area contributed by atoms with Crippen LogP contribution in [-0.2, 0) is 11.3 Å². The molecule has 0 spiro atoms. The van der Waals surface area contributed by atoms with Crippen molar-refractivity contribution in [3.05, 3.63) is 49.8 Å². The number of rotatable bonds is 8. The highest BCUT2D eigenvalue weighted by molar-refractivity contribution is 5.61. The number of methoxy groups -OCH3 is 1. The van der Waals surface area contributed by atoms with Crippen molar-refractivity contribution in [2.75, 3.05) is 20.3 Å². The van der Waals surface area contributed by atoms with Gasteiger partial charge in [-0.3, -0.25) is 19.5 Å². The molecule has 1 heterocycles. The highest BCUT2D eigenvalue weighted by atomic mass is 16.6. The van der Waals surface area contributed by atoms with Crippen LogP contribution in [0.25, 0.3) is 0 Å². The molecule has 0 bridgehead atoms. The fourth-order valence-corrected chi connectivity index (χ4v) is 2.54. The average molecular weight is 401 g/mol. The Hall–Kier alpha value is -3.78. The lowest BCUT2D eigenvalue weighted by molar-refractivity contribution is -0.384. The number of pyridine rings is 1. The fourth-order valence-electron chi connectivity index (χ4n) is 2.54. The molecule has 0 saturated heterocycles. The Morgan fingerprint density at radius 2 is 2.10 bits per heavy atom. The fraction of sp³-hybridized carbons (Fsp3) is 0.333. The van der Waals surface area contributed by atoms with Gasteiger partial charge in [0.15, 0.2) is 11.4 Å². The monoisotopic (exact) mass is 401 g/mol. The third-order valence-corrected chi connectivity index (χ3v) is 4.00. The Bertz CT molecular complexity index is 1050. The van der Waals surface area contributed by atoms with Gasteiger partial charge < -0.3 is 14.6 Å². The van der Waals surface area contributed by atoms with Crippen molar-refractivity contribution < 1.29 is 19.5 Å². The van der Waals surface area contributed by atoms with Crippen LogP contribution in [0.5, 0.6) is 11.6 Å². The van der Waals surface area contributed by atoms with Crippen molar-refractivity contribution in [3.8, 4) is 17.7 Å². The van der Waals surface area contributed by atoms with Crippen LogP contribution in [0.4, 0.5) is 17.1 Å². The summed E-state index contributed by atoms with van der Waals surface area (Å²) in [5, 5.41) is 38.5. The molecule has 0 unspecified atom stereocenters. The molecule has 11 heteroatoms. The summed E-state index contributed by atoms with van der Waals surface area (Å²) in [6, 6.07) is 5.86. The number of benzene rings is 1. The van der Waals surface area contributed by atoms with Crippen LogP contribution in [0, 0.1) is 28.4 Å². The second-order valence-electron chi connectivity index (χ2n) is 5.77. The third kappa shape index (κ3) is 4.56. The van der Waals surface area contributed by atoms with Gasteiger partial charge in [0.1, 0.15) is 17.4 Å². The van der Waals surface area contributed by atoms with E-state index in [-0.39, 0.29) is 41.3 Å². The van der Waals surface area contributed by atoms with E-state index in [9.17, 15) is 25.3 Å². The lowest BCUT2D eigenvalue weighted by atomic mass is 10.1. The van der Waals surface area contributed by atoms with E-state index in [1.54, 1.807) is 6.92 Å². The molecule has 0 radical (unpaired) electrons. The third-order valence-electron chi connectivity index (χ3n) is 4.00. The lowest BCUT2D eigenvalue weighted by Gasteiger charge is -2.12. The quantitative estimate of drug-likeness (QED) is 0.405. The van der Waals surface area contributed by atoms with Crippen molar-refractivity contribution in [1.29, 1.82) is 5.26 Å². The summed E-state index contributed by atoms with van der Waals surface area (Å²) in [7, 11) is 1.42. The zero-order chi connectivity index (χ0) is 21.6. The summed E-state index contributed by atoms with van der Waals surface area (Å²) in [5.41, 5.74) is -1.38. The summed E-state index contributed by atoms with van der Waals surface area (Å²) >= 11 is 0. The Balaban J connectivity index is 2.59. The molecule has 1 aromatic carbocycles. The average Bonchev–Trinajstić information content (AvgIpc) is 2.69. The van der Waals surface area contributed by atoms with Gasteiger partial charge in [0.05, 0.1) is 30.7 Å². The van der Waals surface area contributed by atoms with E-state index < -0.39 is 16.4 Å². The number of nitro benzene ring substituents is 1. The summed E-state index contributed by atoms with van der Waals surface area (Å²) in [4.78, 5) is 23.4. The van der Waals surface area contributed by atoms with Gasteiger partial charge in [0, 0.05) is 12.7 Å². The molecule has 1 N–H and O–H groups in total. The van der Waals surface area contributed by atoms with E-state index in [1.165, 1.54) is 32.2 Å². The smallest absolute Gasteiger partial charge is 0.300 e. The topological polar surface area (TPSA) is 152 Å². The molecule has 0 aliphatic heterocycles. The van der Waals surface area contributed by atoms with Gasteiger partial charge in [-0.25, -0.2) is 0 Å². The number of ether oxygens (including phenoxy) is 2. The maximum atomic E-state index is 12.7. The van der Waals surface area contributed by atoms with E-state index in [2.05, 4.69) is 10.2 Å². The second kappa shape index (κ2) is 9.43. The zero-order valence-corrected chi connectivity index (χ0v) is 16.1. The van der Waals surface area contributed by atoms with Gasteiger partial charge in [-0.05, 0) is 26.0 Å². The van der Waals surface area contributed by atoms with Gasteiger partial charge in [0.2, 0.25) is 5.88 Å². The highest BCUT2D eigenvalue weighted by Crippen LogP contribution is 2.33. The minimum Gasteiger partial charge on any atom is -0.494 e. The Morgan fingerprint density at radius 3 is 2.69 bits per heavy atom. The number of nitro groups is 1. The molecule has 29 heavy (non-hydrogen) atoms. The first-order valence-corrected chi connectivity index (χ1v) is 8.54. The highest BCUT2D eigenvalue weighted by Gasteiger charge is 2.20. The van der Waals surface area contributed by atoms with E-state index >= 15 is 0 Å². The molecule has 0 amide bonds. The summed E-state index contributed by atoms with van der Waals surface area (Å²) in [5.74, 6) is -0.203. The first kappa shape index (κ1) is 21.5. The molecule has 11 nitrogen and oxygen atoms in total. The molecule has 0 aliphatic rings. The van der Waals surface area contributed by atoms with Crippen LogP contribution in [0.15, 0.2) is 33.2 Å². The summed E-state index contributed by atoms with van der Waals surface area (Å²) in [6.45, 7) is 3.61. The molecule has 152 valence electrons. The van der Waals surface area contributed by atoms with Crippen LogP contribution in [0.3, 0.4) is 0 Å². The van der Waals surface area contributed by atoms with Crippen molar-refractivity contribution in [2.45, 2.75) is 20.4 Å². The summed E-state index contributed by atoms with van der Waals surface area (Å²) in [6.07, 6.45) is 0. The summed E-state index contributed by atoms with van der Waals surface area (Å²) < 4.78 is 11.1. The van der Waals surface area contributed by atoms with E-state index in [0.29, 0.717) is 12.4 Å². The van der Waals surface area contributed by atoms with Crippen molar-refractivity contribution in [3.63, 3.8) is 0 Å². The van der Waals surface area contributed by atoms with Crippen molar-refractivity contribution in [2.24, 2.45) is 10.2 Å². The number of aromatic hydroxyl groups is 1. The van der Waals surface area contributed by atoms with Crippen LogP contribution < -0.4 is 10.3 Å².